The number of esters is 1. The Morgan fingerprint density at radius 3 is 1.67 bits per heavy atom. The van der Waals surface area contributed by atoms with Crippen LogP contribution in [0.25, 0.3) is 21.5 Å². The molecule has 0 radical (unpaired) electrons. The molecule has 1 unspecified atom stereocenters. The quantitative estimate of drug-likeness (QED) is 0.00708. The Hall–Kier alpha value is -7.12. The fourth-order valence-corrected chi connectivity index (χ4v) is 10.5. The van der Waals surface area contributed by atoms with Crippen molar-refractivity contribution >= 4 is 84.5 Å². The zero-order valence-electron chi connectivity index (χ0n) is 48.5. The molecule has 0 saturated carbocycles. The first kappa shape index (κ1) is 63.5. The summed E-state index contributed by atoms with van der Waals surface area (Å²) in [5.41, 5.74) is 3.84. The minimum absolute atomic E-state index is 0.0212. The molecule has 0 aliphatic heterocycles. The largest absolute Gasteiger partial charge is 0.480 e. The summed E-state index contributed by atoms with van der Waals surface area (Å²) in [6, 6.07) is 36.7. The van der Waals surface area contributed by atoms with Crippen LogP contribution >= 0.6 is 12.0 Å². The topological polar surface area (TPSA) is 216 Å². The van der Waals surface area contributed by atoms with Gasteiger partial charge in [0.05, 0.1) is 22.5 Å². The molecule has 0 bridgehead atoms. The molecule has 17 heteroatoms. The predicted molar refractivity (Wildman–Crippen MR) is 329 cm³/mol. The van der Waals surface area contributed by atoms with Gasteiger partial charge < -0.3 is 25.4 Å². The number of benzene rings is 7. The third-order valence-electron chi connectivity index (χ3n) is 15.5. The van der Waals surface area contributed by atoms with Crippen LogP contribution in [-0.4, -0.2) is 48.0 Å². The number of amides is 3. The molecule has 7 rings (SSSR count). The first-order valence-electron chi connectivity index (χ1n) is 28.6. The van der Waals surface area contributed by atoms with E-state index < -0.39 is 34.0 Å². The lowest BCUT2D eigenvalue weighted by molar-refractivity contribution is -0.432. The predicted octanol–water partition coefficient (Wildman–Crippen LogP) is 16.6. The van der Waals surface area contributed by atoms with Gasteiger partial charge in [-0.25, -0.2) is 10.1 Å². The SMILES string of the molecule is CCCCCCCCCCCCC(Oc1ccc(C(C)(C)CC)cc1C(C)(C)CC)C(=O)Nc1ccc(COC(=O)c2cc(C(=O)Nc3ccc4cc(SOOO)ccc4c3)cc(C(=O)Nc3ccc4cc(S(=O)(=O)O)ccc4c3)c2)cc1. The van der Waals surface area contributed by atoms with Crippen molar-refractivity contribution in [2.45, 2.75) is 165 Å². The number of unbranched alkanes of at least 4 members (excludes halogenated alkanes) is 9. The molecule has 15 nitrogen and oxygen atoms in total. The molecule has 0 aliphatic carbocycles. The normalized spacial score (nSPS) is 12.3. The van der Waals surface area contributed by atoms with Crippen LogP contribution in [0, 0.1) is 0 Å². The highest BCUT2D eigenvalue weighted by molar-refractivity contribution is 7.94. The molecule has 7 aromatic carbocycles. The highest BCUT2D eigenvalue weighted by atomic mass is 32.2. The summed E-state index contributed by atoms with van der Waals surface area (Å²) in [5, 5.41) is 23.6. The molecule has 83 heavy (non-hydrogen) atoms. The van der Waals surface area contributed by atoms with E-state index in [2.05, 4.69) is 85.9 Å². The lowest BCUT2D eigenvalue weighted by Crippen LogP contribution is -2.34. The van der Waals surface area contributed by atoms with Crippen molar-refractivity contribution in [3.8, 4) is 5.75 Å². The van der Waals surface area contributed by atoms with Gasteiger partial charge in [0.2, 0.25) is 0 Å². The Bertz CT molecular complexity index is 3510. The number of fused-ring (bicyclic) bond motifs is 2. The summed E-state index contributed by atoms with van der Waals surface area (Å²) in [7, 11) is -4.44. The van der Waals surface area contributed by atoms with E-state index in [1.165, 1.54) is 86.9 Å². The summed E-state index contributed by atoms with van der Waals surface area (Å²) in [4.78, 5) is 56.6. The van der Waals surface area contributed by atoms with E-state index >= 15 is 0 Å². The van der Waals surface area contributed by atoms with E-state index in [-0.39, 0.29) is 44.9 Å². The molecule has 0 fully saturated rings. The number of carbonyl (C=O) groups is 4. The van der Waals surface area contributed by atoms with E-state index in [9.17, 15) is 32.1 Å². The van der Waals surface area contributed by atoms with Gasteiger partial charge in [-0.2, -0.15) is 8.42 Å². The van der Waals surface area contributed by atoms with Crippen molar-refractivity contribution in [2.24, 2.45) is 0 Å². The maximum absolute atomic E-state index is 14.3. The summed E-state index contributed by atoms with van der Waals surface area (Å²) >= 11 is 0.811. The van der Waals surface area contributed by atoms with Crippen LogP contribution in [0.5, 0.6) is 5.75 Å². The smallest absolute Gasteiger partial charge is 0.338 e. The molecule has 0 spiro atoms. The van der Waals surface area contributed by atoms with Crippen LogP contribution in [-0.2, 0) is 46.5 Å². The summed E-state index contributed by atoms with van der Waals surface area (Å²) in [5.74, 6) is -1.64. The van der Waals surface area contributed by atoms with Crippen LogP contribution in [0.15, 0.2) is 143 Å². The zero-order valence-corrected chi connectivity index (χ0v) is 50.1. The highest BCUT2D eigenvalue weighted by Gasteiger charge is 2.30. The maximum Gasteiger partial charge on any atom is 0.338 e. The summed E-state index contributed by atoms with van der Waals surface area (Å²) < 4.78 is 50.2. The minimum Gasteiger partial charge on any atom is -0.480 e. The van der Waals surface area contributed by atoms with Crippen LogP contribution in [0.2, 0.25) is 0 Å². The van der Waals surface area contributed by atoms with Gasteiger partial charge >= 0.3 is 5.97 Å². The molecular formula is C66H77N3O12S2. The highest BCUT2D eigenvalue weighted by Crippen LogP contribution is 2.39. The third-order valence-corrected chi connectivity index (χ3v) is 16.9. The Morgan fingerprint density at radius 1 is 0.566 bits per heavy atom. The van der Waals surface area contributed by atoms with Crippen LogP contribution in [0.4, 0.5) is 17.1 Å². The van der Waals surface area contributed by atoms with Crippen molar-refractivity contribution in [2.75, 3.05) is 16.0 Å². The average molecular weight is 1170 g/mol. The van der Waals surface area contributed by atoms with Gasteiger partial charge in [0.15, 0.2) is 6.10 Å². The lowest BCUT2D eigenvalue weighted by atomic mass is 9.76. The summed E-state index contributed by atoms with van der Waals surface area (Å²) in [6.45, 7) is 15.3. The molecule has 1 atom stereocenters. The maximum atomic E-state index is 14.3. The number of anilines is 3. The van der Waals surface area contributed by atoms with Gasteiger partial charge in [-0.05, 0) is 154 Å². The van der Waals surface area contributed by atoms with Crippen molar-refractivity contribution in [1.29, 1.82) is 0 Å². The Kier molecular flexibility index (Phi) is 22.5. The van der Waals surface area contributed by atoms with E-state index in [4.69, 9.17) is 14.7 Å². The van der Waals surface area contributed by atoms with Crippen molar-refractivity contribution < 1.29 is 56.3 Å². The second kappa shape index (κ2) is 29.4. The molecule has 0 heterocycles. The van der Waals surface area contributed by atoms with Gasteiger partial charge in [-0.15, -0.1) is 4.33 Å². The molecule has 0 aliphatic rings. The molecule has 0 aromatic heterocycles. The van der Waals surface area contributed by atoms with Gasteiger partial charge in [0.25, 0.3) is 27.8 Å². The van der Waals surface area contributed by atoms with E-state index in [0.717, 1.165) is 60.5 Å². The molecule has 440 valence electrons. The first-order valence-corrected chi connectivity index (χ1v) is 30.7. The van der Waals surface area contributed by atoms with Gasteiger partial charge in [-0.1, -0.05) is 160 Å². The van der Waals surface area contributed by atoms with Crippen LogP contribution < -0.4 is 20.7 Å². The number of hydrogen-bond donors (Lipinski definition) is 5. The number of nitrogens with one attached hydrogen (secondary N) is 3. The van der Waals surface area contributed by atoms with Crippen LogP contribution in [0.3, 0.4) is 0 Å². The fourth-order valence-electron chi connectivity index (χ4n) is 9.61. The van der Waals surface area contributed by atoms with Crippen molar-refractivity contribution in [3.05, 3.63) is 167 Å². The zero-order chi connectivity index (χ0) is 59.7. The first-order chi connectivity index (χ1) is 39.7. The molecule has 0 saturated heterocycles. The molecule has 5 N–H and O–H groups in total. The number of hydrogen-bond acceptors (Lipinski definition) is 12. The monoisotopic (exact) mass is 1170 g/mol. The molecular weight excluding hydrogens is 1090 g/mol. The van der Waals surface area contributed by atoms with E-state index in [1.54, 1.807) is 78.9 Å². The lowest BCUT2D eigenvalue weighted by Gasteiger charge is -2.31. The molecule has 3 amide bonds. The summed E-state index contributed by atoms with van der Waals surface area (Å²) in [6.07, 6.45) is 13.4. The Labute approximate surface area is 492 Å². The molecule has 7 aromatic rings. The van der Waals surface area contributed by atoms with Crippen LogP contribution in [0.1, 0.15) is 180 Å². The Morgan fingerprint density at radius 2 is 1.10 bits per heavy atom. The van der Waals surface area contributed by atoms with E-state index in [0.29, 0.717) is 50.5 Å². The van der Waals surface area contributed by atoms with Gasteiger partial charge in [0.1, 0.15) is 12.4 Å². The number of ether oxygens (including phenoxy) is 2. The average Bonchev–Trinajstić information content (AvgIpc) is 3.62. The minimum atomic E-state index is -4.44. The number of rotatable bonds is 30. The second-order valence-electron chi connectivity index (χ2n) is 22.4. The van der Waals surface area contributed by atoms with E-state index in [1.807, 2.05) is 6.07 Å². The Balaban J connectivity index is 1.07. The van der Waals surface area contributed by atoms with Crippen molar-refractivity contribution in [3.63, 3.8) is 0 Å². The van der Waals surface area contributed by atoms with Crippen molar-refractivity contribution in [1.82, 2.24) is 0 Å². The number of carbonyl (C=O) groups excluding carboxylic acids is 4. The standard InChI is InChI=1S/C66H77N3O12S2/c1-8-11-12-13-14-15-16-17-18-19-20-60(79-59-34-27-52(65(4,5)9-2)42-58(59)66(6,7)10-3)63(72)67-53-28-21-44(22-29-53)43-78-64(73)51-36-49(61(70)68-54-30-23-47-40-56(82-81-80-74)32-25-45(47)38-54)35-50(37-51)62(71)69-55-31-24-48-41-57(83(75,76)77)33-26-46(48)39-55/h21-42,60,74H,8-20,43H2,1-7H3,(H,67,72)(H,68,70)(H,69,71)(H,75,76,77). The second-order valence-corrected chi connectivity index (χ2v) is 24.6. The van der Waals surface area contributed by atoms with Gasteiger partial charge in [-0.3, -0.25) is 18.9 Å². The van der Waals surface area contributed by atoms with Gasteiger partial charge in [0, 0.05) is 38.6 Å². The third kappa shape index (κ3) is 17.9. The fraction of sp³-hybridized carbons (Fsp3) is 0.364.